The Morgan fingerprint density at radius 1 is 1.00 bits per heavy atom. The monoisotopic (exact) mass is 405 g/mol. The van der Waals surface area contributed by atoms with Crippen LogP contribution in [0.15, 0.2) is 53.4 Å². The smallest absolute Gasteiger partial charge is 0.166 e. The van der Waals surface area contributed by atoms with Gasteiger partial charge in [0.15, 0.2) is 5.11 Å². The Kier molecular flexibility index (Phi) is 8.53. The van der Waals surface area contributed by atoms with Gasteiger partial charge in [0.05, 0.1) is 12.0 Å². The van der Waals surface area contributed by atoms with Crippen molar-refractivity contribution in [3.63, 3.8) is 0 Å². The van der Waals surface area contributed by atoms with Crippen molar-refractivity contribution in [2.45, 2.75) is 44.0 Å². The minimum atomic E-state index is 0.172. The second-order valence-electron chi connectivity index (χ2n) is 7.20. The predicted molar refractivity (Wildman–Crippen MR) is 115 cm³/mol. The maximum absolute atomic E-state index is 5.35. The highest BCUT2D eigenvalue weighted by atomic mass is 32.2. The molecule has 4 N–H and O–H groups in total. The summed E-state index contributed by atoms with van der Waals surface area (Å²) in [5, 5.41) is 7.15. The SMILES string of the molecule is CC(C)(C)c1ccc(CNC(=S)NCCc2ccc(SOON)cc2)cc1. The van der Waals surface area contributed by atoms with E-state index in [4.69, 9.17) is 18.1 Å². The van der Waals surface area contributed by atoms with Crippen molar-refractivity contribution in [2.75, 3.05) is 6.54 Å². The van der Waals surface area contributed by atoms with Gasteiger partial charge in [-0.2, -0.15) is 5.90 Å². The van der Waals surface area contributed by atoms with E-state index in [0.717, 1.165) is 29.9 Å². The Morgan fingerprint density at radius 2 is 1.63 bits per heavy atom. The van der Waals surface area contributed by atoms with Crippen LogP contribution in [0, 0.1) is 0 Å². The van der Waals surface area contributed by atoms with Crippen molar-refractivity contribution in [2.24, 2.45) is 5.90 Å². The first kappa shape index (κ1) is 21.7. The van der Waals surface area contributed by atoms with Crippen LogP contribution >= 0.6 is 24.3 Å². The van der Waals surface area contributed by atoms with E-state index in [9.17, 15) is 0 Å². The third kappa shape index (κ3) is 7.86. The molecule has 27 heavy (non-hydrogen) atoms. The van der Waals surface area contributed by atoms with E-state index in [-0.39, 0.29) is 5.41 Å². The summed E-state index contributed by atoms with van der Waals surface area (Å²) in [4.78, 5) is 5.00. The highest BCUT2D eigenvalue weighted by Gasteiger charge is 2.12. The van der Waals surface area contributed by atoms with Crippen LogP contribution in [0.3, 0.4) is 0 Å². The molecule has 0 bridgehead atoms. The van der Waals surface area contributed by atoms with Crippen LogP contribution in [0.25, 0.3) is 0 Å². The Hall–Kier alpha value is -1.64. The summed E-state index contributed by atoms with van der Waals surface area (Å²) in [6.45, 7) is 8.13. The topological polar surface area (TPSA) is 68.5 Å². The summed E-state index contributed by atoms with van der Waals surface area (Å²) in [5.74, 6) is 4.82. The molecular formula is C20H27N3O2S2. The fraction of sp³-hybridized carbons (Fsp3) is 0.350. The average molecular weight is 406 g/mol. The first-order chi connectivity index (χ1) is 12.9. The number of nitrogens with two attached hydrogens (primary N) is 1. The molecule has 7 heteroatoms. The lowest BCUT2D eigenvalue weighted by atomic mass is 9.87. The summed E-state index contributed by atoms with van der Waals surface area (Å²) < 4.78 is 4.62. The van der Waals surface area contributed by atoms with Gasteiger partial charge in [-0.15, -0.1) is 9.32 Å². The Bertz CT molecular complexity index is 714. The van der Waals surface area contributed by atoms with E-state index < -0.39 is 0 Å². The van der Waals surface area contributed by atoms with Crippen LogP contribution in [0.2, 0.25) is 0 Å². The molecule has 0 saturated heterocycles. The van der Waals surface area contributed by atoms with Gasteiger partial charge in [0, 0.05) is 18.0 Å². The van der Waals surface area contributed by atoms with E-state index >= 15 is 0 Å². The zero-order valence-corrected chi connectivity index (χ0v) is 17.6. The molecule has 2 rings (SSSR count). The number of hydrogen-bond acceptors (Lipinski definition) is 5. The standard InChI is InChI=1S/C20H27N3O2S2/c1-20(2,3)17-8-4-16(5-9-17)14-23-19(26)22-13-12-15-6-10-18(11-7-15)27-25-24-21/h4-11H,12-14,21H2,1-3H3,(H2,22,23,26). The fourth-order valence-corrected chi connectivity index (χ4v) is 3.00. The second kappa shape index (κ2) is 10.6. The van der Waals surface area contributed by atoms with E-state index in [1.54, 1.807) is 0 Å². The number of thiocarbonyl (C=S) groups is 1. The van der Waals surface area contributed by atoms with E-state index in [0.29, 0.717) is 11.7 Å². The number of rotatable bonds is 8. The lowest BCUT2D eigenvalue weighted by molar-refractivity contribution is -0.195. The molecule has 0 heterocycles. The number of nitrogens with one attached hydrogen (secondary N) is 2. The molecule has 146 valence electrons. The van der Waals surface area contributed by atoms with Gasteiger partial charge in [0.25, 0.3) is 0 Å². The lowest BCUT2D eigenvalue weighted by Gasteiger charge is -2.19. The lowest BCUT2D eigenvalue weighted by Crippen LogP contribution is -2.35. The van der Waals surface area contributed by atoms with Gasteiger partial charge >= 0.3 is 0 Å². The molecule has 0 saturated carbocycles. The Labute approximate surface area is 171 Å². The molecule has 0 aliphatic heterocycles. The molecule has 0 unspecified atom stereocenters. The van der Waals surface area contributed by atoms with Gasteiger partial charge in [0.2, 0.25) is 0 Å². The molecule has 0 fully saturated rings. The first-order valence-corrected chi connectivity index (χ1v) is 9.93. The van der Waals surface area contributed by atoms with Gasteiger partial charge in [-0.1, -0.05) is 57.2 Å². The van der Waals surface area contributed by atoms with Crippen LogP contribution in [-0.4, -0.2) is 11.7 Å². The molecule has 0 aliphatic carbocycles. The molecule has 0 aliphatic rings. The molecule has 0 spiro atoms. The molecule has 0 radical (unpaired) electrons. The van der Waals surface area contributed by atoms with E-state index in [1.807, 2.05) is 24.3 Å². The normalized spacial score (nSPS) is 11.3. The van der Waals surface area contributed by atoms with E-state index in [1.165, 1.54) is 16.7 Å². The molecule has 2 aromatic carbocycles. The van der Waals surface area contributed by atoms with Gasteiger partial charge in [0.1, 0.15) is 0 Å². The highest BCUT2D eigenvalue weighted by molar-refractivity contribution is 7.94. The molecule has 5 nitrogen and oxygen atoms in total. The third-order valence-corrected chi connectivity index (χ3v) is 4.97. The quantitative estimate of drug-likeness (QED) is 0.265. The van der Waals surface area contributed by atoms with Gasteiger partial charge in [-0.25, -0.2) is 0 Å². The molecule has 0 atom stereocenters. The fourth-order valence-electron chi connectivity index (χ4n) is 2.46. The Morgan fingerprint density at radius 3 is 2.22 bits per heavy atom. The number of hydrogen-bond donors (Lipinski definition) is 3. The van der Waals surface area contributed by atoms with Crippen molar-refractivity contribution < 1.29 is 9.32 Å². The van der Waals surface area contributed by atoms with Crippen molar-refractivity contribution in [3.8, 4) is 0 Å². The summed E-state index contributed by atoms with van der Waals surface area (Å²) in [6, 6.07) is 16.6. The zero-order chi connectivity index (χ0) is 19.7. The average Bonchev–Trinajstić information content (AvgIpc) is 2.65. The third-order valence-electron chi connectivity index (χ3n) is 4.07. The summed E-state index contributed by atoms with van der Waals surface area (Å²) in [6.07, 6.45) is 0.876. The van der Waals surface area contributed by atoms with Crippen LogP contribution in [0.1, 0.15) is 37.5 Å². The molecule has 0 amide bonds. The molecule has 0 aromatic heterocycles. The molecule has 2 aromatic rings. The first-order valence-electron chi connectivity index (χ1n) is 8.78. The predicted octanol–water partition coefficient (Wildman–Crippen LogP) is 4.02. The maximum atomic E-state index is 5.35. The van der Waals surface area contributed by atoms with Crippen LogP contribution in [-0.2, 0) is 27.7 Å². The van der Waals surface area contributed by atoms with Crippen LogP contribution in [0.5, 0.6) is 0 Å². The summed E-state index contributed by atoms with van der Waals surface area (Å²) >= 11 is 6.43. The minimum absolute atomic E-state index is 0.172. The summed E-state index contributed by atoms with van der Waals surface area (Å²) in [7, 11) is 0. The van der Waals surface area contributed by atoms with Crippen molar-refractivity contribution in [1.29, 1.82) is 0 Å². The van der Waals surface area contributed by atoms with Gasteiger partial charge < -0.3 is 10.6 Å². The number of benzene rings is 2. The molecular weight excluding hydrogens is 378 g/mol. The van der Waals surface area contributed by atoms with Crippen molar-refractivity contribution in [3.05, 3.63) is 65.2 Å². The second-order valence-corrected chi connectivity index (χ2v) is 8.38. The van der Waals surface area contributed by atoms with Crippen LogP contribution < -0.4 is 16.5 Å². The van der Waals surface area contributed by atoms with Gasteiger partial charge in [-0.05, 0) is 52.9 Å². The summed E-state index contributed by atoms with van der Waals surface area (Å²) in [5.41, 5.74) is 3.92. The highest BCUT2D eigenvalue weighted by Crippen LogP contribution is 2.22. The van der Waals surface area contributed by atoms with Crippen molar-refractivity contribution in [1.82, 2.24) is 10.6 Å². The van der Waals surface area contributed by atoms with E-state index in [2.05, 4.69) is 65.0 Å². The van der Waals surface area contributed by atoms with Crippen molar-refractivity contribution >= 4 is 29.4 Å². The Balaban J connectivity index is 1.69. The maximum Gasteiger partial charge on any atom is 0.166 e. The minimum Gasteiger partial charge on any atom is -0.362 e. The largest absolute Gasteiger partial charge is 0.362 e. The van der Waals surface area contributed by atoms with Gasteiger partial charge in [-0.3, -0.25) is 0 Å². The van der Waals surface area contributed by atoms with Crippen LogP contribution in [0.4, 0.5) is 0 Å². The zero-order valence-electron chi connectivity index (χ0n) is 16.0.